The molecule has 0 spiro atoms. The first-order valence-electron chi connectivity index (χ1n) is 5.68. The van der Waals surface area contributed by atoms with Crippen molar-refractivity contribution in [3.63, 3.8) is 0 Å². The van der Waals surface area contributed by atoms with Crippen molar-refractivity contribution in [2.24, 2.45) is 0 Å². The van der Waals surface area contributed by atoms with Gasteiger partial charge in [-0.1, -0.05) is 20.4 Å². The van der Waals surface area contributed by atoms with Gasteiger partial charge in [-0.25, -0.2) is 0 Å². The zero-order valence-electron chi connectivity index (χ0n) is 10.5. The first kappa shape index (κ1) is 14.2. The van der Waals surface area contributed by atoms with E-state index >= 15 is 0 Å². The predicted octanol–water partition coefficient (Wildman–Crippen LogP) is 1.75. The summed E-state index contributed by atoms with van der Waals surface area (Å²) in [6, 6.07) is 0.528. The van der Waals surface area contributed by atoms with Crippen molar-refractivity contribution in [3.8, 4) is 0 Å². The van der Waals surface area contributed by atoms with E-state index in [4.69, 9.17) is 0 Å². The van der Waals surface area contributed by atoms with E-state index < -0.39 is 0 Å². The van der Waals surface area contributed by atoms with E-state index in [0.717, 1.165) is 26.1 Å². The van der Waals surface area contributed by atoms with Crippen molar-refractivity contribution in [3.05, 3.63) is 12.7 Å². The molecular weight excluding hydrogens is 188 g/mol. The Labute approximate surface area is 93.7 Å². The number of carbonyl (C=O) groups is 1. The molecule has 0 fully saturated rings. The van der Waals surface area contributed by atoms with Gasteiger partial charge >= 0.3 is 0 Å². The van der Waals surface area contributed by atoms with E-state index in [2.05, 4.69) is 32.3 Å². The molecular formula is C12H24N2O. The average molecular weight is 212 g/mol. The van der Waals surface area contributed by atoms with Crippen LogP contribution in [0.3, 0.4) is 0 Å². The number of nitrogens with zero attached hydrogens (tertiary/aromatic N) is 2. The van der Waals surface area contributed by atoms with Crippen molar-refractivity contribution in [2.45, 2.75) is 33.2 Å². The highest BCUT2D eigenvalue weighted by Gasteiger charge is 2.11. The fraction of sp³-hybridized carbons (Fsp3) is 0.750. The van der Waals surface area contributed by atoms with E-state index in [1.165, 1.54) is 6.08 Å². The molecule has 0 aromatic heterocycles. The highest BCUT2D eigenvalue weighted by Crippen LogP contribution is 2.04. The van der Waals surface area contributed by atoms with Crippen LogP contribution in [0, 0.1) is 0 Å². The van der Waals surface area contributed by atoms with Crippen LogP contribution >= 0.6 is 0 Å². The molecule has 1 atom stereocenters. The van der Waals surface area contributed by atoms with Crippen LogP contribution in [-0.2, 0) is 4.79 Å². The summed E-state index contributed by atoms with van der Waals surface area (Å²) in [5, 5.41) is 0. The highest BCUT2D eigenvalue weighted by molar-refractivity contribution is 5.86. The summed E-state index contributed by atoms with van der Waals surface area (Å²) in [4.78, 5) is 15.3. The van der Waals surface area contributed by atoms with Gasteiger partial charge in [-0.05, 0) is 32.5 Å². The first-order valence-corrected chi connectivity index (χ1v) is 5.68. The highest BCUT2D eigenvalue weighted by atomic mass is 16.2. The fourth-order valence-corrected chi connectivity index (χ4v) is 1.68. The van der Waals surface area contributed by atoms with Gasteiger partial charge in [0.1, 0.15) is 0 Å². The number of carbonyl (C=O) groups excluding carboxylic acids is 1. The maximum Gasteiger partial charge on any atom is 0.245 e. The quantitative estimate of drug-likeness (QED) is 0.600. The first-order chi connectivity index (χ1) is 7.06. The van der Waals surface area contributed by atoms with E-state index in [0.29, 0.717) is 6.04 Å². The summed E-state index contributed by atoms with van der Waals surface area (Å²) >= 11 is 0. The summed E-state index contributed by atoms with van der Waals surface area (Å²) in [5.41, 5.74) is 0. The van der Waals surface area contributed by atoms with Gasteiger partial charge in [-0.15, -0.1) is 0 Å². The molecule has 0 aliphatic rings. The maximum absolute atomic E-state index is 11.2. The molecule has 0 saturated heterocycles. The molecule has 0 bridgehead atoms. The summed E-state index contributed by atoms with van der Waals surface area (Å²) < 4.78 is 0. The monoisotopic (exact) mass is 212 g/mol. The Balaban J connectivity index is 3.93. The topological polar surface area (TPSA) is 23.6 Å². The van der Waals surface area contributed by atoms with Crippen molar-refractivity contribution >= 4 is 5.91 Å². The van der Waals surface area contributed by atoms with Crippen LogP contribution in [-0.4, -0.2) is 48.4 Å². The fourth-order valence-electron chi connectivity index (χ4n) is 1.68. The van der Waals surface area contributed by atoms with Crippen LogP contribution in [0.2, 0.25) is 0 Å². The third-order valence-electron chi connectivity index (χ3n) is 2.87. The predicted molar refractivity (Wildman–Crippen MR) is 64.8 cm³/mol. The Kier molecular flexibility index (Phi) is 7.05. The molecule has 0 radical (unpaired) electrons. The lowest BCUT2D eigenvalue weighted by molar-refractivity contribution is -0.124. The summed E-state index contributed by atoms with van der Waals surface area (Å²) in [5.74, 6) is 0.00162. The zero-order chi connectivity index (χ0) is 11.8. The third kappa shape index (κ3) is 4.98. The molecule has 3 heteroatoms. The second-order valence-corrected chi connectivity index (χ2v) is 3.82. The second kappa shape index (κ2) is 7.46. The molecule has 0 rings (SSSR count). The lowest BCUT2D eigenvalue weighted by Crippen LogP contribution is -2.36. The number of hydrogen-bond donors (Lipinski definition) is 0. The Morgan fingerprint density at radius 2 is 1.93 bits per heavy atom. The minimum atomic E-state index is 0.00162. The van der Waals surface area contributed by atoms with Crippen LogP contribution < -0.4 is 0 Å². The van der Waals surface area contributed by atoms with Gasteiger partial charge in [-0.3, -0.25) is 4.79 Å². The molecule has 0 heterocycles. The SMILES string of the molecule is C=CC(=O)N(C)CCC(C)N(CC)CC. The minimum Gasteiger partial charge on any atom is -0.342 e. The van der Waals surface area contributed by atoms with Gasteiger partial charge in [0.2, 0.25) is 5.91 Å². The standard InChI is InChI=1S/C12H24N2O/c1-6-12(15)13(5)10-9-11(4)14(7-2)8-3/h6,11H,1,7-10H2,2-5H3. The lowest BCUT2D eigenvalue weighted by Gasteiger charge is -2.27. The van der Waals surface area contributed by atoms with Crippen molar-refractivity contribution in [2.75, 3.05) is 26.7 Å². The Morgan fingerprint density at radius 3 is 2.33 bits per heavy atom. The zero-order valence-corrected chi connectivity index (χ0v) is 10.5. The van der Waals surface area contributed by atoms with Crippen LogP contribution in [0.15, 0.2) is 12.7 Å². The number of likely N-dealkylation sites (N-methyl/N-ethyl adjacent to an activating group) is 1. The van der Waals surface area contributed by atoms with Crippen LogP contribution in [0.5, 0.6) is 0 Å². The van der Waals surface area contributed by atoms with Gasteiger partial charge in [0.05, 0.1) is 0 Å². The summed E-state index contributed by atoms with van der Waals surface area (Å²) in [6.07, 6.45) is 2.37. The van der Waals surface area contributed by atoms with Crippen molar-refractivity contribution in [1.82, 2.24) is 9.80 Å². The molecule has 15 heavy (non-hydrogen) atoms. The molecule has 0 saturated carbocycles. The van der Waals surface area contributed by atoms with Gasteiger partial charge in [0, 0.05) is 19.6 Å². The van der Waals surface area contributed by atoms with E-state index in [1.807, 2.05) is 7.05 Å². The van der Waals surface area contributed by atoms with E-state index in [-0.39, 0.29) is 5.91 Å². The second-order valence-electron chi connectivity index (χ2n) is 3.82. The Bertz CT molecular complexity index is 200. The minimum absolute atomic E-state index is 0.00162. The smallest absolute Gasteiger partial charge is 0.245 e. The average Bonchev–Trinajstić information content (AvgIpc) is 2.26. The van der Waals surface area contributed by atoms with E-state index in [9.17, 15) is 4.79 Å². The largest absolute Gasteiger partial charge is 0.342 e. The van der Waals surface area contributed by atoms with E-state index in [1.54, 1.807) is 4.90 Å². The number of amides is 1. The van der Waals surface area contributed by atoms with Gasteiger partial charge in [-0.2, -0.15) is 0 Å². The van der Waals surface area contributed by atoms with Gasteiger partial charge < -0.3 is 9.80 Å². The Morgan fingerprint density at radius 1 is 1.40 bits per heavy atom. The molecule has 3 nitrogen and oxygen atoms in total. The van der Waals surface area contributed by atoms with Crippen LogP contribution in [0.4, 0.5) is 0 Å². The van der Waals surface area contributed by atoms with Gasteiger partial charge in [0.15, 0.2) is 0 Å². The molecule has 0 aliphatic heterocycles. The number of hydrogen-bond acceptors (Lipinski definition) is 2. The molecule has 88 valence electrons. The van der Waals surface area contributed by atoms with Crippen molar-refractivity contribution < 1.29 is 4.79 Å². The lowest BCUT2D eigenvalue weighted by atomic mass is 10.2. The molecule has 0 N–H and O–H groups in total. The van der Waals surface area contributed by atoms with Crippen molar-refractivity contribution in [1.29, 1.82) is 0 Å². The molecule has 0 aromatic carbocycles. The van der Waals surface area contributed by atoms with Gasteiger partial charge in [0.25, 0.3) is 0 Å². The molecule has 1 unspecified atom stereocenters. The van der Waals surface area contributed by atoms with Crippen LogP contribution in [0.25, 0.3) is 0 Å². The summed E-state index contributed by atoms with van der Waals surface area (Å²) in [7, 11) is 1.82. The maximum atomic E-state index is 11.2. The molecule has 0 aromatic rings. The molecule has 1 amide bonds. The third-order valence-corrected chi connectivity index (χ3v) is 2.87. The molecule has 0 aliphatic carbocycles. The van der Waals surface area contributed by atoms with Crippen LogP contribution in [0.1, 0.15) is 27.2 Å². The normalized spacial score (nSPS) is 12.6. The summed E-state index contributed by atoms with van der Waals surface area (Å²) in [6.45, 7) is 12.9. The Hall–Kier alpha value is -0.830. The number of rotatable bonds is 7.